The van der Waals surface area contributed by atoms with Gasteiger partial charge in [0, 0.05) is 84.3 Å². The van der Waals surface area contributed by atoms with Gasteiger partial charge < -0.3 is 30.9 Å². The summed E-state index contributed by atoms with van der Waals surface area (Å²) in [6, 6.07) is 34.8. The molecule has 0 unspecified atom stereocenters. The average Bonchev–Trinajstić information content (AvgIpc) is 1.77. The lowest BCUT2D eigenvalue weighted by molar-refractivity contribution is 0.00739. The molecule has 0 radical (unpaired) electrons. The number of pyridine rings is 2. The van der Waals surface area contributed by atoms with Crippen molar-refractivity contribution in [3.05, 3.63) is 192 Å². The molecule has 2 fully saturated rings. The molecule has 2 saturated heterocycles. The van der Waals surface area contributed by atoms with E-state index < -0.39 is 60.2 Å². The number of aromatic amines is 1. The highest BCUT2D eigenvalue weighted by atomic mass is 31.2. The van der Waals surface area contributed by atoms with E-state index in [0.717, 1.165) is 37.8 Å². The number of nitrogens with zero attached hydrogens (tertiary/aromatic N) is 7. The van der Waals surface area contributed by atoms with Gasteiger partial charge in [-0.3, -0.25) is 33.5 Å². The molecule has 6 heterocycles. The number of ketones is 2. The lowest BCUT2D eigenvalue weighted by atomic mass is 10.0. The van der Waals surface area contributed by atoms with Crippen molar-refractivity contribution in [2.24, 2.45) is 5.90 Å². The number of amides is 4. The molecule has 7 N–H and O–H groups in total. The summed E-state index contributed by atoms with van der Waals surface area (Å²) < 4.78 is 56.6. The summed E-state index contributed by atoms with van der Waals surface area (Å²) in [6.07, 6.45) is 6.43. The lowest BCUT2D eigenvalue weighted by Crippen LogP contribution is -2.43. The molecule has 0 spiro atoms. The van der Waals surface area contributed by atoms with Crippen LogP contribution in [0.5, 0.6) is 0 Å². The Morgan fingerprint density at radius 1 is 0.593 bits per heavy atom. The number of imidazole rings is 2. The predicted octanol–water partition coefficient (Wildman–Crippen LogP) is 12.0. The van der Waals surface area contributed by atoms with E-state index in [1.54, 1.807) is 103 Å². The van der Waals surface area contributed by atoms with Crippen LogP contribution in [0.3, 0.4) is 0 Å². The fraction of sp³-hybridized carbons (Fsp3) is 0.303. The molecule has 4 amide bonds. The van der Waals surface area contributed by atoms with Gasteiger partial charge in [-0.05, 0) is 141 Å². The standard InChI is InChI=1S/C27H31FN6O4.C27H30FN5O4.C12H12NO2P/c1-16(35)23-22(17-8-10-18(11-9-17)25(36)31-21-15-19(28)12-13-30-21)32-24(34(23)29)20-7-5-6-14-33(20)26(37)38-27(2,3)4;1-16(34)22-23(17-8-10-18(11-9-17)25(35)30-21-15-19(28)12-13-29-21)32-24(31-22)20-7-5-6-14-33(20)26(36)37-27(2,3)4;13-15-16(14,11-7-3-1-4-8-11)12-9-5-2-6-10-12/h8-13,15,20H,5-7,14,29H2,1-4H3,(H,30,31,36);8-13,15,20H,5-7,14H2,1-4H3,(H,31,32)(H,29,30,35);1-10H,13H2/t2*20-;/m00./s1. The second kappa shape index (κ2) is 29.2. The number of Topliss-reactive ketones (excluding diaryl/α,β-unsaturated/α-hetero) is 2. The van der Waals surface area contributed by atoms with Crippen LogP contribution in [0.1, 0.15) is 159 Å². The summed E-state index contributed by atoms with van der Waals surface area (Å²) in [5, 5.41) is 6.29. The van der Waals surface area contributed by atoms with Crippen LogP contribution in [0.4, 0.5) is 30.0 Å². The first-order valence-corrected chi connectivity index (χ1v) is 31.0. The summed E-state index contributed by atoms with van der Waals surface area (Å²) in [5.41, 5.74) is 1.86. The molecule has 22 nitrogen and oxygen atoms in total. The Labute approximate surface area is 525 Å². The first-order chi connectivity index (χ1) is 43.2. The highest BCUT2D eigenvalue weighted by Gasteiger charge is 2.37. The van der Waals surface area contributed by atoms with Gasteiger partial charge in [0.2, 0.25) is 0 Å². The third kappa shape index (κ3) is 17.1. The molecule has 0 bridgehead atoms. The van der Waals surface area contributed by atoms with Gasteiger partial charge in [-0.15, -0.1) is 0 Å². The fourth-order valence-corrected chi connectivity index (χ4v) is 11.8. The number of halogens is 2. The van der Waals surface area contributed by atoms with Crippen LogP contribution in [0.25, 0.3) is 22.5 Å². The van der Waals surface area contributed by atoms with Crippen LogP contribution in [0.2, 0.25) is 0 Å². The highest BCUT2D eigenvalue weighted by molar-refractivity contribution is 7.74. The lowest BCUT2D eigenvalue weighted by Gasteiger charge is -2.36. The van der Waals surface area contributed by atoms with Crippen molar-refractivity contribution in [3.8, 4) is 22.5 Å². The second-order valence-electron chi connectivity index (χ2n) is 23.5. The molecule has 8 aromatic rings. The van der Waals surface area contributed by atoms with Crippen molar-refractivity contribution in [3.63, 3.8) is 0 Å². The van der Waals surface area contributed by atoms with Gasteiger partial charge in [0.05, 0.1) is 17.8 Å². The number of aromatic nitrogens is 6. The van der Waals surface area contributed by atoms with Gasteiger partial charge in [-0.1, -0.05) is 60.7 Å². The van der Waals surface area contributed by atoms with E-state index in [1.165, 1.54) is 43.0 Å². The van der Waals surface area contributed by atoms with Crippen LogP contribution in [-0.2, 0) is 18.7 Å². The number of hydrogen-bond donors (Lipinski definition) is 5. The Bertz CT molecular complexity index is 3910. The average molecular weight is 1260 g/mol. The molecular weight excluding hydrogens is 1190 g/mol. The van der Waals surface area contributed by atoms with E-state index in [0.29, 0.717) is 87.5 Å². The van der Waals surface area contributed by atoms with Gasteiger partial charge in [-0.25, -0.2) is 53.5 Å². The number of likely N-dealkylation sites (tertiary alicyclic amines) is 2. The Morgan fingerprint density at radius 2 is 1.03 bits per heavy atom. The highest BCUT2D eigenvalue weighted by Crippen LogP contribution is 2.42. The molecule has 2 atom stereocenters. The minimum atomic E-state index is -3.13. The summed E-state index contributed by atoms with van der Waals surface area (Å²) in [6.45, 7) is 14.7. The van der Waals surface area contributed by atoms with Crippen LogP contribution in [-0.4, -0.2) is 99.3 Å². The normalized spacial score (nSPS) is 15.0. The van der Waals surface area contributed by atoms with Crippen molar-refractivity contribution in [2.45, 2.75) is 117 Å². The van der Waals surface area contributed by atoms with Gasteiger partial charge in [0.1, 0.15) is 57.4 Å². The van der Waals surface area contributed by atoms with Crippen LogP contribution in [0.15, 0.2) is 146 Å². The zero-order valence-electron chi connectivity index (χ0n) is 51.7. The Kier molecular flexibility index (Phi) is 21.6. The topological polar surface area (TPSA) is 302 Å². The summed E-state index contributed by atoms with van der Waals surface area (Å²) in [7, 11) is -3.13. The van der Waals surface area contributed by atoms with E-state index >= 15 is 0 Å². The molecule has 0 saturated carbocycles. The van der Waals surface area contributed by atoms with Crippen LogP contribution < -0.4 is 33.0 Å². The fourth-order valence-electron chi connectivity index (χ4n) is 10.1. The smallest absolute Gasteiger partial charge is 0.410 e. The van der Waals surface area contributed by atoms with E-state index in [4.69, 9.17) is 35.8 Å². The molecule has 476 valence electrons. The third-order valence-electron chi connectivity index (χ3n) is 14.3. The summed E-state index contributed by atoms with van der Waals surface area (Å²) >= 11 is 0. The van der Waals surface area contributed by atoms with Crippen molar-refractivity contribution < 1.29 is 56.2 Å². The number of H-pyrrole nitrogens is 1. The summed E-state index contributed by atoms with van der Waals surface area (Å²) in [5.74, 6) is 10.3. The van der Waals surface area contributed by atoms with E-state index in [1.807, 2.05) is 57.2 Å². The van der Waals surface area contributed by atoms with Gasteiger partial charge in [0.15, 0.2) is 17.4 Å². The molecule has 4 aromatic carbocycles. The second-order valence-corrected chi connectivity index (χ2v) is 25.8. The summed E-state index contributed by atoms with van der Waals surface area (Å²) in [4.78, 5) is 99.8. The Morgan fingerprint density at radius 3 is 1.45 bits per heavy atom. The van der Waals surface area contributed by atoms with Crippen molar-refractivity contribution in [1.82, 2.24) is 39.4 Å². The number of piperidine rings is 2. The number of benzene rings is 4. The van der Waals surface area contributed by atoms with Crippen molar-refractivity contribution >= 4 is 65.2 Å². The van der Waals surface area contributed by atoms with E-state index in [9.17, 15) is 42.1 Å². The SMILES string of the molecule is CC(=O)c1[nH]c([C@@H]2CCCCN2C(=O)OC(C)(C)C)nc1-c1ccc(C(=O)Nc2cc(F)ccn2)cc1.CC(=O)c1c(-c2ccc(C(=O)Nc3cc(F)ccn3)cc2)nc([C@@H]2CCCCN2C(=O)OC(C)(C)C)n1N.NOP(=O)(c1ccccc1)c1ccccc1. The molecule has 10 rings (SSSR count). The quantitative estimate of drug-likeness (QED) is 0.0310. The monoisotopic (exact) mass is 1260 g/mol. The maximum Gasteiger partial charge on any atom is 0.410 e. The molecule has 4 aromatic heterocycles. The predicted molar refractivity (Wildman–Crippen MR) is 340 cm³/mol. The minimum absolute atomic E-state index is 0.0893. The molecule has 25 heteroatoms. The van der Waals surface area contributed by atoms with E-state index in [2.05, 4.69) is 25.6 Å². The Balaban J connectivity index is 0.000000190. The number of carbonyl (C=O) groups excluding carboxylic acids is 6. The largest absolute Gasteiger partial charge is 0.444 e. The molecule has 2 aliphatic heterocycles. The number of carbonyl (C=O) groups is 6. The minimum Gasteiger partial charge on any atom is -0.444 e. The zero-order chi connectivity index (χ0) is 65.8. The molecule has 91 heavy (non-hydrogen) atoms. The zero-order valence-corrected chi connectivity index (χ0v) is 52.6. The number of anilines is 2. The van der Waals surface area contributed by atoms with Crippen LogP contribution in [0, 0.1) is 11.6 Å². The third-order valence-corrected chi connectivity index (χ3v) is 16.6. The maximum atomic E-state index is 13.4. The maximum absolute atomic E-state index is 13.4. The Hall–Kier alpha value is -9.77. The van der Waals surface area contributed by atoms with Crippen molar-refractivity contribution in [1.29, 1.82) is 0 Å². The number of ether oxygens (including phenoxy) is 2. The number of hydrogen-bond acceptors (Lipinski definition) is 16. The number of nitrogens with one attached hydrogen (secondary N) is 3. The number of nitrogens with two attached hydrogens (primary N) is 2. The molecule has 0 aliphatic carbocycles. The van der Waals surface area contributed by atoms with Gasteiger partial charge >= 0.3 is 12.2 Å². The van der Waals surface area contributed by atoms with E-state index in [-0.39, 0.29) is 34.9 Å². The first kappa shape index (κ1) is 67.2. The van der Waals surface area contributed by atoms with Crippen molar-refractivity contribution in [2.75, 3.05) is 29.6 Å². The molecule has 2 aliphatic rings. The van der Waals surface area contributed by atoms with Crippen LogP contribution >= 0.6 is 7.37 Å². The number of rotatable bonds is 13. The van der Waals surface area contributed by atoms with Gasteiger partial charge in [0.25, 0.3) is 19.2 Å². The molecular formula is C66H73F2N12O10P. The number of nitrogen functional groups attached to an aromatic ring is 1. The van der Waals surface area contributed by atoms with Gasteiger partial charge in [-0.2, -0.15) is 0 Å². The first-order valence-electron chi connectivity index (χ1n) is 29.4.